The van der Waals surface area contributed by atoms with E-state index in [1.165, 1.54) is 11.3 Å². The zero-order valence-electron chi connectivity index (χ0n) is 8.85. The van der Waals surface area contributed by atoms with Crippen molar-refractivity contribution in [1.29, 1.82) is 0 Å². The van der Waals surface area contributed by atoms with Crippen molar-refractivity contribution in [3.05, 3.63) is 23.0 Å². The van der Waals surface area contributed by atoms with Gasteiger partial charge in [-0.1, -0.05) is 0 Å². The number of aromatic nitrogens is 2. The minimum Gasteiger partial charge on any atom is -0.330 e. The Bertz CT molecular complexity index is 502. The zero-order valence-corrected chi connectivity index (χ0v) is 9.67. The third-order valence-electron chi connectivity index (χ3n) is 2.42. The molecule has 0 amide bonds. The van der Waals surface area contributed by atoms with Crippen molar-refractivity contribution in [3.63, 3.8) is 0 Å². The summed E-state index contributed by atoms with van der Waals surface area (Å²) in [5, 5.41) is 1.93. The SMILES string of the molecule is NCCCC(=O)c1cnc2scc(CN)n12. The van der Waals surface area contributed by atoms with Crippen LogP contribution in [0.5, 0.6) is 0 Å². The van der Waals surface area contributed by atoms with E-state index in [9.17, 15) is 4.79 Å². The van der Waals surface area contributed by atoms with Crippen LogP contribution in [0.3, 0.4) is 0 Å². The third kappa shape index (κ3) is 1.87. The molecule has 5 nitrogen and oxygen atoms in total. The molecule has 2 aromatic heterocycles. The van der Waals surface area contributed by atoms with Gasteiger partial charge in [-0.3, -0.25) is 9.20 Å². The molecule has 0 atom stereocenters. The van der Waals surface area contributed by atoms with Gasteiger partial charge in [-0.25, -0.2) is 4.98 Å². The number of nitrogens with zero attached hydrogens (tertiary/aromatic N) is 2. The topological polar surface area (TPSA) is 86.4 Å². The summed E-state index contributed by atoms with van der Waals surface area (Å²) < 4.78 is 1.84. The normalized spacial score (nSPS) is 11.1. The molecule has 2 rings (SSSR count). The van der Waals surface area contributed by atoms with Crippen LogP contribution in [0.2, 0.25) is 0 Å². The Kier molecular flexibility index (Phi) is 3.33. The molecule has 0 saturated carbocycles. The molecule has 0 bridgehead atoms. The second-order valence-corrected chi connectivity index (χ2v) is 4.34. The highest BCUT2D eigenvalue weighted by atomic mass is 32.1. The largest absolute Gasteiger partial charge is 0.330 e. The summed E-state index contributed by atoms with van der Waals surface area (Å²) in [4.78, 5) is 16.9. The van der Waals surface area contributed by atoms with Crippen LogP contribution in [0.25, 0.3) is 4.96 Å². The first-order chi connectivity index (χ1) is 7.77. The van der Waals surface area contributed by atoms with Gasteiger partial charge in [-0.15, -0.1) is 11.3 Å². The molecule has 0 aliphatic rings. The Morgan fingerprint density at radius 1 is 1.50 bits per heavy atom. The number of carbonyl (C=O) groups is 1. The fraction of sp³-hybridized carbons (Fsp3) is 0.400. The molecule has 0 aliphatic heterocycles. The van der Waals surface area contributed by atoms with Gasteiger partial charge >= 0.3 is 0 Å². The highest BCUT2D eigenvalue weighted by Crippen LogP contribution is 2.18. The van der Waals surface area contributed by atoms with Crippen molar-refractivity contribution in [1.82, 2.24) is 9.38 Å². The molecule has 0 aromatic carbocycles. The molecule has 2 aromatic rings. The number of ketones is 1. The summed E-state index contributed by atoms with van der Waals surface area (Å²) in [5.74, 6) is 0.0750. The van der Waals surface area contributed by atoms with E-state index >= 15 is 0 Å². The lowest BCUT2D eigenvalue weighted by atomic mass is 10.2. The Balaban J connectivity index is 2.36. The number of hydrogen-bond donors (Lipinski definition) is 2. The van der Waals surface area contributed by atoms with Crippen LogP contribution in [0, 0.1) is 0 Å². The first-order valence-electron chi connectivity index (χ1n) is 5.15. The standard InChI is InChI=1S/C10H14N4OS/c11-3-1-2-9(15)8-5-13-10-14(8)7(4-12)6-16-10/h5-6H,1-4,11-12H2. The molecule has 6 heteroatoms. The van der Waals surface area contributed by atoms with Crippen molar-refractivity contribution in [2.75, 3.05) is 6.54 Å². The molecule has 0 unspecified atom stereocenters. The van der Waals surface area contributed by atoms with E-state index in [4.69, 9.17) is 11.5 Å². The predicted octanol–water partition coefficient (Wildman–Crippen LogP) is 0.776. The van der Waals surface area contributed by atoms with E-state index in [0.717, 1.165) is 10.7 Å². The van der Waals surface area contributed by atoms with Gasteiger partial charge in [0.25, 0.3) is 0 Å². The number of hydrogen-bond acceptors (Lipinski definition) is 5. The van der Waals surface area contributed by atoms with Gasteiger partial charge in [0.2, 0.25) is 0 Å². The quantitative estimate of drug-likeness (QED) is 0.753. The van der Waals surface area contributed by atoms with Crippen molar-refractivity contribution in [2.24, 2.45) is 11.5 Å². The van der Waals surface area contributed by atoms with Gasteiger partial charge in [0.1, 0.15) is 5.69 Å². The van der Waals surface area contributed by atoms with Gasteiger partial charge < -0.3 is 11.5 Å². The molecular formula is C10H14N4OS. The van der Waals surface area contributed by atoms with Crippen LogP contribution in [0.1, 0.15) is 29.0 Å². The van der Waals surface area contributed by atoms with Crippen molar-refractivity contribution >= 4 is 22.1 Å². The molecule has 0 aliphatic carbocycles. The highest BCUT2D eigenvalue weighted by Gasteiger charge is 2.14. The number of fused-ring (bicyclic) bond motifs is 1. The van der Waals surface area contributed by atoms with Crippen LogP contribution in [0.15, 0.2) is 11.6 Å². The molecule has 86 valence electrons. The van der Waals surface area contributed by atoms with Crippen molar-refractivity contribution < 1.29 is 4.79 Å². The van der Waals surface area contributed by atoms with Crippen LogP contribution < -0.4 is 11.5 Å². The van der Waals surface area contributed by atoms with Crippen molar-refractivity contribution in [2.45, 2.75) is 19.4 Å². The van der Waals surface area contributed by atoms with Crippen LogP contribution >= 0.6 is 11.3 Å². The van der Waals surface area contributed by atoms with E-state index in [0.29, 0.717) is 31.6 Å². The molecule has 0 spiro atoms. The number of imidazole rings is 1. The van der Waals surface area contributed by atoms with E-state index < -0.39 is 0 Å². The summed E-state index contributed by atoms with van der Waals surface area (Å²) in [6.45, 7) is 0.939. The maximum atomic E-state index is 11.9. The number of Topliss-reactive ketones (excluding diaryl/α,β-unsaturated/α-hetero) is 1. The maximum Gasteiger partial charge on any atom is 0.194 e. The van der Waals surface area contributed by atoms with Gasteiger partial charge in [0.15, 0.2) is 10.7 Å². The molecule has 2 heterocycles. The van der Waals surface area contributed by atoms with E-state index in [-0.39, 0.29) is 5.78 Å². The number of carbonyl (C=O) groups excluding carboxylic acids is 1. The smallest absolute Gasteiger partial charge is 0.194 e. The predicted molar refractivity (Wildman–Crippen MR) is 63.6 cm³/mol. The molecule has 0 saturated heterocycles. The van der Waals surface area contributed by atoms with Gasteiger partial charge in [-0.2, -0.15) is 0 Å². The Labute approximate surface area is 97.1 Å². The summed E-state index contributed by atoms with van der Waals surface area (Å²) >= 11 is 1.50. The average Bonchev–Trinajstić information content (AvgIpc) is 2.86. The van der Waals surface area contributed by atoms with Crippen LogP contribution in [-0.2, 0) is 6.54 Å². The second-order valence-electron chi connectivity index (χ2n) is 3.51. The van der Waals surface area contributed by atoms with Crippen LogP contribution in [0.4, 0.5) is 0 Å². The number of nitrogens with two attached hydrogens (primary N) is 2. The summed E-state index contributed by atoms with van der Waals surface area (Å²) in [5.41, 5.74) is 12.5. The highest BCUT2D eigenvalue weighted by molar-refractivity contribution is 7.15. The van der Waals surface area contributed by atoms with Crippen molar-refractivity contribution in [3.8, 4) is 0 Å². The van der Waals surface area contributed by atoms with E-state index in [1.807, 2.05) is 9.78 Å². The minimum absolute atomic E-state index is 0.0750. The number of rotatable bonds is 5. The molecule has 4 N–H and O–H groups in total. The molecular weight excluding hydrogens is 224 g/mol. The summed E-state index contributed by atoms with van der Waals surface area (Å²) in [6, 6.07) is 0. The second kappa shape index (κ2) is 4.73. The fourth-order valence-electron chi connectivity index (χ4n) is 1.60. The lowest BCUT2D eigenvalue weighted by Crippen LogP contribution is -2.09. The monoisotopic (exact) mass is 238 g/mol. The fourth-order valence-corrected chi connectivity index (χ4v) is 2.47. The third-order valence-corrected chi connectivity index (χ3v) is 3.31. The lowest BCUT2D eigenvalue weighted by molar-refractivity contribution is 0.0975. The van der Waals surface area contributed by atoms with E-state index in [1.54, 1.807) is 6.20 Å². The first-order valence-corrected chi connectivity index (χ1v) is 6.03. The lowest BCUT2D eigenvalue weighted by Gasteiger charge is -2.00. The van der Waals surface area contributed by atoms with Gasteiger partial charge in [-0.05, 0) is 13.0 Å². The Morgan fingerprint density at radius 3 is 3.00 bits per heavy atom. The average molecular weight is 238 g/mol. The van der Waals surface area contributed by atoms with Gasteiger partial charge in [0, 0.05) is 24.0 Å². The van der Waals surface area contributed by atoms with Gasteiger partial charge in [0.05, 0.1) is 6.20 Å². The Hall–Kier alpha value is -1.24. The number of thiazole rings is 1. The zero-order chi connectivity index (χ0) is 11.5. The summed E-state index contributed by atoms with van der Waals surface area (Å²) in [6.07, 6.45) is 2.78. The maximum absolute atomic E-state index is 11.9. The van der Waals surface area contributed by atoms with Crippen LogP contribution in [-0.4, -0.2) is 21.7 Å². The Morgan fingerprint density at radius 2 is 2.31 bits per heavy atom. The summed E-state index contributed by atoms with van der Waals surface area (Å²) in [7, 11) is 0. The molecule has 0 fully saturated rings. The molecule has 0 radical (unpaired) electrons. The first kappa shape index (κ1) is 11.3. The molecule has 16 heavy (non-hydrogen) atoms. The van der Waals surface area contributed by atoms with E-state index in [2.05, 4.69) is 4.98 Å². The minimum atomic E-state index is 0.0750.